The third-order valence-corrected chi connectivity index (χ3v) is 4.93. The van der Waals surface area contributed by atoms with Gasteiger partial charge in [0.15, 0.2) is 11.5 Å². The van der Waals surface area contributed by atoms with E-state index in [0.29, 0.717) is 30.8 Å². The second-order valence-corrected chi connectivity index (χ2v) is 7.08. The molecule has 1 atom stereocenters. The number of hydrogen-bond acceptors (Lipinski definition) is 5. The van der Waals surface area contributed by atoms with Crippen molar-refractivity contribution in [3.05, 3.63) is 53.4 Å². The Kier molecular flexibility index (Phi) is 5.39. The molecule has 2 aromatic rings. The Balaban J connectivity index is 1.76. The number of aromatic nitrogens is 1. The quantitative estimate of drug-likeness (QED) is 0.773. The van der Waals surface area contributed by atoms with Crippen LogP contribution in [0.2, 0.25) is 0 Å². The number of carbonyl (C=O) groups excluding carboxylic acids is 3. The summed E-state index contributed by atoms with van der Waals surface area (Å²) in [6, 6.07) is 8.15. The number of benzene rings is 1. The van der Waals surface area contributed by atoms with Gasteiger partial charge >= 0.3 is 0 Å². The van der Waals surface area contributed by atoms with Crippen LogP contribution in [0.1, 0.15) is 52.0 Å². The summed E-state index contributed by atoms with van der Waals surface area (Å²) in [7, 11) is 0. The van der Waals surface area contributed by atoms with Crippen molar-refractivity contribution in [3.8, 4) is 0 Å². The van der Waals surface area contributed by atoms with Crippen LogP contribution >= 0.6 is 0 Å². The van der Waals surface area contributed by atoms with Gasteiger partial charge < -0.3 is 14.3 Å². The molecular weight excluding hydrogens is 346 g/mol. The Bertz CT molecular complexity index is 827. The zero-order valence-electron chi connectivity index (χ0n) is 15.7. The van der Waals surface area contributed by atoms with Gasteiger partial charge in [0.25, 0.3) is 11.8 Å². The van der Waals surface area contributed by atoms with Crippen LogP contribution in [-0.2, 0) is 0 Å². The van der Waals surface area contributed by atoms with Gasteiger partial charge in [-0.2, -0.15) is 0 Å². The molecular formula is C20H23N3O4. The van der Waals surface area contributed by atoms with Gasteiger partial charge in [-0.15, -0.1) is 0 Å². The summed E-state index contributed by atoms with van der Waals surface area (Å²) < 4.78 is 4.76. The standard InChI is InChI=1S/C20H23N3O4/c1-13(2)18-12-22(20(26)17-8-11-27-21-17)9-10-23(18)19(25)16-6-4-15(5-7-16)14(3)24/h4-8,11,13,18H,9-10,12H2,1-3H3/t18-/m1/s1. The molecule has 7 nitrogen and oxygen atoms in total. The van der Waals surface area contributed by atoms with Crippen LogP contribution in [0.4, 0.5) is 0 Å². The molecule has 0 aliphatic carbocycles. The van der Waals surface area contributed by atoms with Crippen molar-refractivity contribution in [1.29, 1.82) is 0 Å². The molecule has 27 heavy (non-hydrogen) atoms. The zero-order chi connectivity index (χ0) is 19.6. The first-order valence-corrected chi connectivity index (χ1v) is 9.00. The minimum Gasteiger partial charge on any atom is -0.364 e. The van der Waals surface area contributed by atoms with Crippen LogP contribution in [0.3, 0.4) is 0 Å². The SMILES string of the molecule is CC(=O)c1ccc(C(=O)N2CCN(C(=O)c3ccon3)C[C@@H]2C(C)C)cc1. The molecule has 7 heteroatoms. The lowest BCUT2D eigenvalue weighted by atomic mass is 9.97. The van der Waals surface area contributed by atoms with Crippen LogP contribution in [-0.4, -0.2) is 58.2 Å². The topological polar surface area (TPSA) is 83.7 Å². The van der Waals surface area contributed by atoms with Crippen LogP contribution < -0.4 is 0 Å². The number of carbonyl (C=O) groups is 3. The number of nitrogens with zero attached hydrogens (tertiary/aromatic N) is 3. The highest BCUT2D eigenvalue weighted by Crippen LogP contribution is 2.21. The van der Waals surface area contributed by atoms with E-state index in [2.05, 4.69) is 5.16 Å². The van der Waals surface area contributed by atoms with Crippen LogP contribution in [0.5, 0.6) is 0 Å². The molecule has 0 saturated carbocycles. The highest BCUT2D eigenvalue weighted by molar-refractivity contribution is 5.98. The summed E-state index contributed by atoms with van der Waals surface area (Å²) in [6.45, 7) is 6.89. The molecule has 1 aromatic carbocycles. The van der Waals surface area contributed by atoms with Crippen molar-refractivity contribution in [2.45, 2.75) is 26.8 Å². The van der Waals surface area contributed by atoms with Crippen LogP contribution in [0.25, 0.3) is 0 Å². The lowest BCUT2D eigenvalue weighted by Gasteiger charge is -2.43. The van der Waals surface area contributed by atoms with E-state index < -0.39 is 0 Å². The molecule has 0 radical (unpaired) electrons. The van der Waals surface area contributed by atoms with Gasteiger partial charge in [-0.05, 0) is 25.0 Å². The average molecular weight is 369 g/mol. The van der Waals surface area contributed by atoms with Crippen molar-refractivity contribution >= 4 is 17.6 Å². The molecule has 1 fully saturated rings. The van der Waals surface area contributed by atoms with Gasteiger partial charge in [0.05, 0.1) is 6.04 Å². The van der Waals surface area contributed by atoms with Crippen molar-refractivity contribution in [2.24, 2.45) is 5.92 Å². The van der Waals surface area contributed by atoms with Gasteiger partial charge in [0.1, 0.15) is 6.26 Å². The summed E-state index contributed by atoms with van der Waals surface area (Å²) in [4.78, 5) is 40.5. The van der Waals surface area contributed by atoms with Gasteiger partial charge in [-0.25, -0.2) is 0 Å². The molecule has 2 amide bonds. The number of amides is 2. The van der Waals surface area contributed by atoms with E-state index in [1.54, 1.807) is 35.2 Å². The lowest BCUT2D eigenvalue weighted by Crippen LogP contribution is -2.58. The Hall–Kier alpha value is -2.96. The first kappa shape index (κ1) is 18.8. The monoisotopic (exact) mass is 369 g/mol. The van der Waals surface area contributed by atoms with Crippen molar-refractivity contribution in [3.63, 3.8) is 0 Å². The third kappa shape index (κ3) is 3.92. The van der Waals surface area contributed by atoms with E-state index in [1.807, 2.05) is 18.7 Å². The number of piperazine rings is 1. The van der Waals surface area contributed by atoms with Gasteiger partial charge in [-0.1, -0.05) is 31.1 Å². The third-order valence-electron chi connectivity index (χ3n) is 4.93. The van der Waals surface area contributed by atoms with E-state index in [0.717, 1.165) is 0 Å². The maximum atomic E-state index is 13.0. The Labute approximate surface area is 157 Å². The summed E-state index contributed by atoms with van der Waals surface area (Å²) in [5.74, 6) is -0.128. The summed E-state index contributed by atoms with van der Waals surface area (Å²) in [6.07, 6.45) is 1.37. The molecule has 0 spiro atoms. The minimum absolute atomic E-state index is 0.0333. The lowest BCUT2D eigenvalue weighted by molar-refractivity contribution is 0.0298. The molecule has 0 N–H and O–H groups in total. The number of rotatable bonds is 4. The second-order valence-electron chi connectivity index (χ2n) is 7.08. The Morgan fingerprint density at radius 3 is 2.26 bits per heavy atom. The molecule has 2 heterocycles. The predicted octanol–water partition coefficient (Wildman–Crippen LogP) is 2.50. The predicted molar refractivity (Wildman–Crippen MR) is 98.5 cm³/mol. The molecule has 142 valence electrons. The molecule has 3 rings (SSSR count). The molecule has 1 aromatic heterocycles. The molecule has 1 saturated heterocycles. The van der Waals surface area contributed by atoms with Crippen LogP contribution in [0, 0.1) is 5.92 Å². The number of Topliss-reactive ketones (excluding diaryl/α,β-unsaturated/α-hetero) is 1. The van der Waals surface area contributed by atoms with Crippen molar-refractivity contribution in [2.75, 3.05) is 19.6 Å². The number of ketones is 1. The van der Waals surface area contributed by atoms with E-state index in [9.17, 15) is 14.4 Å². The fraction of sp³-hybridized carbons (Fsp3) is 0.400. The normalized spacial score (nSPS) is 17.3. The number of hydrogen-bond donors (Lipinski definition) is 0. The van der Waals surface area contributed by atoms with Gasteiger partial charge in [-0.3, -0.25) is 14.4 Å². The minimum atomic E-state index is -0.188. The molecule has 1 aliphatic heterocycles. The summed E-state index contributed by atoms with van der Waals surface area (Å²) in [5, 5.41) is 3.71. The summed E-state index contributed by atoms with van der Waals surface area (Å²) >= 11 is 0. The average Bonchev–Trinajstić information content (AvgIpc) is 3.21. The van der Waals surface area contributed by atoms with E-state index in [4.69, 9.17) is 4.52 Å². The molecule has 0 bridgehead atoms. The van der Waals surface area contributed by atoms with Gasteiger partial charge in [0.2, 0.25) is 0 Å². The van der Waals surface area contributed by atoms with Gasteiger partial charge in [0, 0.05) is 36.8 Å². The highest BCUT2D eigenvalue weighted by atomic mass is 16.5. The smallest absolute Gasteiger partial charge is 0.276 e. The summed E-state index contributed by atoms with van der Waals surface area (Å²) in [5.41, 5.74) is 1.40. The van der Waals surface area contributed by atoms with E-state index in [1.165, 1.54) is 13.2 Å². The van der Waals surface area contributed by atoms with Crippen LogP contribution in [0.15, 0.2) is 41.1 Å². The second kappa shape index (κ2) is 7.73. The maximum absolute atomic E-state index is 13.0. The van der Waals surface area contributed by atoms with Crippen molar-refractivity contribution in [1.82, 2.24) is 15.0 Å². The maximum Gasteiger partial charge on any atom is 0.276 e. The first-order chi connectivity index (χ1) is 12.9. The Morgan fingerprint density at radius 2 is 1.70 bits per heavy atom. The fourth-order valence-corrected chi connectivity index (χ4v) is 3.32. The zero-order valence-corrected chi connectivity index (χ0v) is 15.7. The van der Waals surface area contributed by atoms with E-state index in [-0.39, 0.29) is 35.3 Å². The molecule has 0 unspecified atom stereocenters. The largest absolute Gasteiger partial charge is 0.364 e. The van der Waals surface area contributed by atoms with Crippen molar-refractivity contribution < 1.29 is 18.9 Å². The van der Waals surface area contributed by atoms with E-state index >= 15 is 0 Å². The fourth-order valence-electron chi connectivity index (χ4n) is 3.32. The molecule has 1 aliphatic rings. The Morgan fingerprint density at radius 1 is 1.04 bits per heavy atom. The highest BCUT2D eigenvalue weighted by Gasteiger charge is 2.35. The first-order valence-electron chi connectivity index (χ1n) is 9.00.